The second kappa shape index (κ2) is 8.25. The lowest BCUT2D eigenvalue weighted by Gasteiger charge is -2.39. The van der Waals surface area contributed by atoms with Gasteiger partial charge >= 0.3 is 5.97 Å². The molecule has 1 aliphatic rings. The van der Waals surface area contributed by atoms with Crippen LogP contribution in [0.5, 0.6) is 0 Å². The molecule has 1 fully saturated rings. The van der Waals surface area contributed by atoms with Crippen molar-refractivity contribution in [2.24, 2.45) is 11.8 Å². The summed E-state index contributed by atoms with van der Waals surface area (Å²) in [6.45, 7) is 4.45. The third-order valence-electron chi connectivity index (χ3n) is 4.13. The second-order valence-electron chi connectivity index (χ2n) is 5.73. The standard InChI is InChI=1S/C15H27NO4/c1-11-7-5-6-8-13(11)16(14(17)10-19-3)9-12(2)15(18)20-4/h11-13H,5-10H2,1-4H3. The van der Waals surface area contributed by atoms with E-state index in [1.54, 1.807) is 6.92 Å². The highest BCUT2D eigenvalue weighted by atomic mass is 16.5. The van der Waals surface area contributed by atoms with Crippen LogP contribution < -0.4 is 0 Å². The Morgan fingerprint density at radius 2 is 1.90 bits per heavy atom. The molecule has 0 spiro atoms. The van der Waals surface area contributed by atoms with Crippen LogP contribution in [0.3, 0.4) is 0 Å². The molecule has 0 saturated heterocycles. The molecule has 1 aliphatic carbocycles. The van der Waals surface area contributed by atoms with E-state index in [0.717, 1.165) is 19.3 Å². The molecular weight excluding hydrogens is 258 g/mol. The SMILES string of the molecule is COCC(=O)N(CC(C)C(=O)OC)C1CCCCC1C. The van der Waals surface area contributed by atoms with Gasteiger partial charge in [0, 0.05) is 19.7 Å². The van der Waals surface area contributed by atoms with Crippen molar-refractivity contribution in [2.45, 2.75) is 45.6 Å². The number of nitrogens with zero attached hydrogens (tertiary/aromatic N) is 1. The summed E-state index contributed by atoms with van der Waals surface area (Å²) >= 11 is 0. The smallest absolute Gasteiger partial charge is 0.310 e. The van der Waals surface area contributed by atoms with Crippen LogP contribution in [0.25, 0.3) is 0 Å². The lowest BCUT2D eigenvalue weighted by atomic mass is 9.84. The zero-order valence-electron chi connectivity index (χ0n) is 13.1. The molecule has 0 heterocycles. The Balaban J connectivity index is 2.78. The molecular formula is C15H27NO4. The molecule has 3 unspecified atom stereocenters. The summed E-state index contributed by atoms with van der Waals surface area (Å²) in [6.07, 6.45) is 4.49. The van der Waals surface area contributed by atoms with Crippen molar-refractivity contribution in [3.8, 4) is 0 Å². The molecule has 1 rings (SSSR count). The summed E-state index contributed by atoms with van der Waals surface area (Å²) in [5, 5.41) is 0. The van der Waals surface area contributed by atoms with E-state index >= 15 is 0 Å². The number of hydrogen-bond donors (Lipinski definition) is 0. The van der Waals surface area contributed by atoms with Crippen LogP contribution in [-0.4, -0.2) is 50.2 Å². The van der Waals surface area contributed by atoms with E-state index < -0.39 is 0 Å². The molecule has 5 heteroatoms. The fourth-order valence-corrected chi connectivity index (χ4v) is 2.96. The van der Waals surface area contributed by atoms with Crippen molar-refractivity contribution in [1.29, 1.82) is 0 Å². The molecule has 0 N–H and O–H groups in total. The van der Waals surface area contributed by atoms with E-state index in [9.17, 15) is 9.59 Å². The predicted molar refractivity (Wildman–Crippen MR) is 76.2 cm³/mol. The van der Waals surface area contributed by atoms with Gasteiger partial charge in [-0.1, -0.05) is 26.7 Å². The van der Waals surface area contributed by atoms with Gasteiger partial charge in [-0.2, -0.15) is 0 Å². The van der Waals surface area contributed by atoms with E-state index in [1.165, 1.54) is 20.6 Å². The largest absolute Gasteiger partial charge is 0.469 e. The molecule has 1 amide bonds. The normalized spacial score (nSPS) is 24.0. The van der Waals surface area contributed by atoms with Crippen LogP contribution in [0.2, 0.25) is 0 Å². The maximum atomic E-state index is 12.3. The van der Waals surface area contributed by atoms with Crippen LogP contribution in [0.15, 0.2) is 0 Å². The number of amides is 1. The Morgan fingerprint density at radius 3 is 2.45 bits per heavy atom. The molecule has 0 aromatic heterocycles. The van der Waals surface area contributed by atoms with Crippen LogP contribution in [0, 0.1) is 11.8 Å². The monoisotopic (exact) mass is 285 g/mol. The van der Waals surface area contributed by atoms with Crippen LogP contribution in [0.1, 0.15) is 39.5 Å². The zero-order valence-corrected chi connectivity index (χ0v) is 13.1. The summed E-state index contributed by atoms with van der Waals surface area (Å²) in [5.74, 6) is -0.157. The summed E-state index contributed by atoms with van der Waals surface area (Å²) in [7, 11) is 2.90. The van der Waals surface area contributed by atoms with Gasteiger partial charge in [0.1, 0.15) is 6.61 Å². The number of methoxy groups -OCH3 is 2. The van der Waals surface area contributed by atoms with Crippen LogP contribution >= 0.6 is 0 Å². The third kappa shape index (κ3) is 4.47. The lowest BCUT2D eigenvalue weighted by molar-refractivity contribution is -0.148. The first-order valence-corrected chi connectivity index (χ1v) is 7.37. The van der Waals surface area contributed by atoms with E-state index in [-0.39, 0.29) is 30.4 Å². The number of hydrogen-bond acceptors (Lipinski definition) is 4. The Labute approximate surface area is 121 Å². The molecule has 3 atom stereocenters. The highest BCUT2D eigenvalue weighted by Gasteiger charge is 2.32. The van der Waals surface area contributed by atoms with Gasteiger partial charge in [0.15, 0.2) is 0 Å². The van der Waals surface area contributed by atoms with Gasteiger partial charge in [-0.15, -0.1) is 0 Å². The number of esters is 1. The van der Waals surface area contributed by atoms with Crippen molar-refractivity contribution in [3.63, 3.8) is 0 Å². The third-order valence-corrected chi connectivity index (χ3v) is 4.13. The van der Waals surface area contributed by atoms with Gasteiger partial charge in [-0.25, -0.2) is 0 Å². The van der Waals surface area contributed by atoms with Gasteiger partial charge in [0.05, 0.1) is 13.0 Å². The van der Waals surface area contributed by atoms with Crippen molar-refractivity contribution in [1.82, 2.24) is 4.90 Å². The first kappa shape index (κ1) is 17.0. The molecule has 0 aliphatic heterocycles. The Bertz CT molecular complexity index is 332. The fraction of sp³-hybridized carbons (Fsp3) is 0.867. The highest BCUT2D eigenvalue weighted by Crippen LogP contribution is 2.29. The number of ether oxygens (including phenoxy) is 2. The molecule has 0 radical (unpaired) electrons. The summed E-state index contributed by atoms with van der Waals surface area (Å²) in [5.41, 5.74) is 0. The van der Waals surface area contributed by atoms with Crippen LogP contribution in [0.4, 0.5) is 0 Å². The van der Waals surface area contributed by atoms with Gasteiger partial charge in [0.25, 0.3) is 0 Å². The molecule has 20 heavy (non-hydrogen) atoms. The topological polar surface area (TPSA) is 55.8 Å². The van der Waals surface area contributed by atoms with Crippen LogP contribution in [-0.2, 0) is 19.1 Å². The predicted octanol–water partition coefficient (Wildman–Crippen LogP) is 1.85. The minimum atomic E-state index is -0.310. The first-order valence-electron chi connectivity index (χ1n) is 7.37. The number of rotatable bonds is 6. The number of carbonyl (C=O) groups excluding carboxylic acids is 2. The minimum Gasteiger partial charge on any atom is -0.469 e. The molecule has 5 nitrogen and oxygen atoms in total. The molecule has 0 aromatic carbocycles. The maximum Gasteiger partial charge on any atom is 0.310 e. The van der Waals surface area contributed by atoms with Gasteiger partial charge < -0.3 is 14.4 Å². The Hall–Kier alpha value is -1.10. The van der Waals surface area contributed by atoms with Gasteiger partial charge in [-0.05, 0) is 18.8 Å². The summed E-state index contributed by atoms with van der Waals surface area (Å²) in [4.78, 5) is 25.7. The summed E-state index contributed by atoms with van der Waals surface area (Å²) in [6, 6.07) is 0.207. The quantitative estimate of drug-likeness (QED) is 0.699. The minimum absolute atomic E-state index is 0.0398. The second-order valence-corrected chi connectivity index (χ2v) is 5.73. The van der Waals surface area contributed by atoms with Crippen molar-refractivity contribution < 1.29 is 19.1 Å². The van der Waals surface area contributed by atoms with Crippen molar-refractivity contribution in [2.75, 3.05) is 27.4 Å². The fourth-order valence-electron chi connectivity index (χ4n) is 2.96. The maximum absolute atomic E-state index is 12.3. The Morgan fingerprint density at radius 1 is 1.25 bits per heavy atom. The average Bonchev–Trinajstić information content (AvgIpc) is 2.44. The van der Waals surface area contributed by atoms with Crippen molar-refractivity contribution in [3.05, 3.63) is 0 Å². The van der Waals surface area contributed by atoms with E-state index in [4.69, 9.17) is 9.47 Å². The average molecular weight is 285 g/mol. The summed E-state index contributed by atoms with van der Waals surface area (Å²) < 4.78 is 9.73. The van der Waals surface area contributed by atoms with Gasteiger partial charge in [-0.3, -0.25) is 9.59 Å². The first-order chi connectivity index (χ1) is 9.51. The zero-order chi connectivity index (χ0) is 15.1. The van der Waals surface area contributed by atoms with E-state index in [2.05, 4.69) is 6.92 Å². The molecule has 0 aromatic rings. The molecule has 1 saturated carbocycles. The lowest BCUT2D eigenvalue weighted by Crippen LogP contribution is -2.49. The highest BCUT2D eigenvalue weighted by molar-refractivity contribution is 5.79. The van der Waals surface area contributed by atoms with Crippen molar-refractivity contribution >= 4 is 11.9 Å². The van der Waals surface area contributed by atoms with E-state index in [0.29, 0.717) is 12.5 Å². The number of carbonyl (C=O) groups is 2. The molecule has 116 valence electrons. The van der Waals surface area contributed by atoms with E-state index in [1.807, 2.05) is 4.90 Å². The van der Waals surface area contributed by atoms with Gasteiger partial charge in [0.2, 0.25) is 5.91 Å². The molecule has 0 bridgehead atoms. The Kier molecular flexibility index (Phi) is 6.99.